The molecule has 0 fully saturated rings. The molecule has 0 radical (unpaired) electrons. The van der Waals surface area contributed by atoms with E-state index < -0.39 is 11.4 Å². The van der Waals surface area contributed by atoms with E-state index in [2.05, 4.69) is 4.98 Å². The molecule has 0 amide bonds. The highest BCUT2D eigenvalue weighted by atomic mass is 16.3. The maximum absolute atomic E-state index is 12.4. The Labute approximate surface area is 108 Å². The fraction of sp³-hybridized carbons (Fsp3) is 0. The first-order valence-corrected chi connectivity index (χ1v) is 5.67. The number of rotatable bonds is 1. The van der Waals surface area contributed by atoms with E-state index in [9.17, 15) is 15.0 Å². The van der Waals surface area contributed by atoms with Gasteiger partial charge in [0.15, 0.2) is 11.4 Å². The van der Waals surface area contributed by atoms with Gasteiger partial charge in [0.1, 0.15) is 5.56 Å². The van der Waals surface area contributed by atoms with Crippen molar-refractivity contribution >= 4 is 5.65 Å². The zero-order valence-electron chi connectivity index (χ0n) is 9.82. The molecule has 0 bridgehead atoms. The lowest BCUT2D eigenvalue weighted by molar-refractivity contribution is 0.449. The quantitative estimate of drug-likeness (QED) is 0.694. The summed E-state index contributed by atoms with van der Waals surface area (Å²) >= 11 is 0. The number of hydrogen-bond acceptors (Lipinski definition) is 4. The van der Waals surface area contributed by atoms with Crippen LogP contribution in [0.25, 0.3) is 16.8 Å². The molecule has 0 aliphatic rings. The molecule has 0 aliphatic heterocycles. The summed E-state index contributed by atoms with van der Waals surface area (Å²) in [7, 11) is 0. The first kappa shape index (κ1) is 11.3. The highest BCUT2D eigenvalue weighted by Gasteiger charge is 2.15. The molecule has 1 aromatic carbocycles. The summed E-state index contributed by atoms with van der Waals surface area (Å²) in [6.45, 7) is 0. The van der Waals surface area contributed by atoms with Gasteiger partial charge in [-0.05, 0) is 17.7 Å². The number of aromatic nitrogens is 2. The van der Waals surface area contributed by atoms with E-state index in [0.717, 1.165) is 0 Å². The molecule has 2 heterocycles. The minimum Gasteiger partial charge on any atom is -0.504 e. The van der Waals surface area contributed by atoms with Gasteiger partial charge in [0.05, 0.1) is 0 Å². The summed E-state index contributed by atoms with van der Waals surface area (Å²) in [5.74, 6) is -0.549. The molecule has 0 atom stereocenters. The van der Waals surface area contributed by atoms with Crippen LogP contribution in [0.15, 0.2) is 53.5 Å². The summed E-state index contributed by atoms with van der Waals surface area (Å²) < 4.78 is 1.21. The molecule has 5 nitrogen and oxygen atoms in total. The average Bonchev–Trinajstić information content (AvgIpc) is 2.41. The zero-order valence-corrected chi connectivity index (χ0v) is 9.82. The zero-order chi connectivity index (χ0) is 13.4. The summed E-state index contributed by atoms with van der Waals surface area (Å²) in [4.78, 5) is 16.2. The smallest absolute Gasteiger partial charge is 0.269 e. The minimum absolute atomic E-state index is 0.0321. The molecule has 0 aliphatic carbocycles. The lowest BCUT2D eigenvalue weighted by atomic mass is 10.1. The largest absolute Gasteiger partial charge is 0.504 e. The third kappa shape index (κ3) is 1.72. The highest BCUT2D eigenvalue weighted by molar-refractivity contribution is 5.70. The van der Waals surface area contributed by atoms with Gasteiger partial charge in [-0.2, -0.15) is 4.98 Å². The van der Waals surface area contributed by atoms with Gasteiger partial charge in [-0.3, -0.25) is 9.20 Å². The molecule has 0 unspecified atom stereocenters. The van der Waals surface area contributed by atoms with E-state index in [-0.39, 0.29) is 17.0 Å². The Balaban J connectivity index is 2.43. The third-order valence-corrected chi connectivity index (χ3v) is 2.88. The standard InChI is InChI=1S/C14H10N2O3/c17-10-7-4-8-16-12(10)15-13(18)11(14(16)19)9-5-2-1-3-6-9/h1-8,17-18H. The molecular formula is C14H10N2O3. The van der Waals surface area contributed by atoms with Crippen LogP contribution in [0.3, 0.4) is 0 Å². The van der Waals surface area contributed by atoms with Gasteiger partial charge in [-0.15, -0.1) is 0 Å². The molecule has 3 rings (SSSR count). The van der Waals surface area contributed by atoms with Crippen molar-refractivity contribution in [3.8, 4) is 22.8 Å². The summed E-state index contributed by atoms with van der Waals surface area (Å²) in [5.41, 5.74) is 0.299. The van der Waals surface area contributed by atoms with Crippen molar-refractivity contribution in [1.29, 1.82) is 0 Å². The lowest BCUT2D eigenvalue weighted by Crippen LogP contribution is -2.17. The first-order chi connectivity index (χ1) is 9.18. The van der Waals surface area contributed by atoms with Crippen molar-refractivity contribution in [3.05, 3.63) is 59.0 Å². The van der Waals surface area contributed by atoms with Gasteiger partial charge in [0.25, 0.3) is 5.56 Å². The van der Waals surface area contributed by atoms with Gasteiger partial charge in [0, 0.05) is 6.20 Å². The van der Waals surface area contributed by atoms with Crippen LogP contribution < -0.4 is 5.56 Å². The van der Waals surface area contributed by atoms with E-state index in [1.165, 1.54) is 22.7 Å². The van der Waals surface area contributed by atoms with Crippen molar-refractivity contribution in [2.24, 2.45) is 0 Å². The van der Waals surface area contributed by atoms with E-state index in [4.69, 9.17) is 0 Å². The number of benzene rings is 1. The van der Waals surface area contributed by atoms with Crippen LogP contribution in [0.1, 0.15) is 0 Å². The number of pyridine rings is 1. The minimum atomic E-state index is -0.426. The summed E-state index contributed by atoms with van der Waals surface area (Å²) in [6, 6.07) is 11.7. The average molecular weight is 254 g/mol. The molecule has 2 aromatic heterocycles. The normalized spacial score (nSPS) is 10.7. The lowest BCUT2D eigenvalue weighted by Gasteiger charge is -2.07. The summed E-state index contributed by atoms with van der Waals surface area (Å²) in [6.07, 6.45) is 1.50. The van der Waals surface area contributed by atoms with Crippen LogP contribution in [-0.2, 0) is 0 Å². The van der Waals surface area contributed by atoms with Gasteiger partial charge in [-0.25, -0.2) is 0 Å². The van der Waals surface area contributed by atoms with Gasteiger partial charge < -0.3 is 10.2 Å². The second-order valence-corrected chi connectivity index (χ2v) is 4.07. The molecule has 19 heavy (non-hydrogen) atoms. The molecule has 5 heteroatoms. The Hall–Kier alpha value is -2.82. The van der Waals surface area contributed by atoms with E-state index in [1.54, 1.807) is 24.3 Å². The topological polar surface area (TPSA) is 74.8 Å². The predicted octanol–water partition coefficient (Wildman–Crippen LogP) is 1.77. The Morgan fingerprint density at radius 2 is 1.74 bits per heavy atom. The van der Waals surface area contributed by atoms with Crippen molar-refractivity contribution < 1.29 is 10.2 Å². The van der Waals surface area contributed by atoms with Crippen LogP contribution in [0.4, 0.5) is 0 Å². The van der Waals surface area contributed by atoms with Gasteiger partial charge in [-0.1, -0.05) is 30.3 Å². The third-order valence-electron chi connectivity index (χ3n) is 2.88. The molecular weight excluding hydrogens is 244 g/mol. The highest BCUT2D eigenvalue weighted by Crippen LogP contribution is 2.25. The molecule has 94 valence electrons. The van der Waals surface area contributed by atoms with Gasteiger partial charge in [0.2, 0.25) is 5.88 Å². The Bertz CT molecular complexity index is 810. The fourth-order valence-electron chi connectivity index (χ4n) is 1.99. The molecule has 2 N–H and O–H groups in total. The van der Waals surface area contributed by atoms with Crippen molar-refractivity contribution in [2.75, 3.05) is 0 Å². The Kier molecular flexibility index (Phi) is 2.45. The Morgan fingerprint density at radius 1 is 1.00 bits per heavy atom. The van der Waals surface area contributed by atoms with E-state index in [0.29, 0.717) is 5.56 Å². The number of aromatic hydroxyl groups is 2. The number of nitrogens with zero attached hydrogens (tertiary/aromatic N) is 2. The maximum atomic E-state index is 12.4. The van der Waals surface area contributed by atoms with Crippen molar-refractivity contribution in [2.45, 2.75) is 0 Å². The van der Waals surface area contributed by atoms with E-state index >= 15 is 0 Å². The predicted molar refractivity (Wildman–Crippen MR) is 70.2 cm³/mol. The molecule has 3 aromatic rings. The van der Waals surface area contributed by atoms with E-state index in [1.807, 2.05) is 6.07 Å². The maximum Gasteiger partial charge on any atom is 0.269 e. The molecule has 0 spiro atoms. The van der Waals surface area contributed by atoms with Crippen LogP contribution in [-0.4, -0.2) is 19.6 Å². The van der Waals surface area contributed by atoms with Crippen LogP contribution in [0.2, 0.25) is 0 Å². The van der Waals surface area contributed by atoms with Gasteiger partial charge >= 0.3 is 0 Å². The molecule has 0 saturated heterocycles. The SMILES string of the molecule is O=c1c(-c2ccccc2)c(O)nc2c(O)cccn12. The number of fused-ring (bicyclic) bond motifs is 1. The second-order valence-electron chi connectivity index (χ2n) is 4.07. The molecule has 0 saturated carbocycles. The number of hydrogen-bond donors (Lipinski definition) is 2. The van der Waals surface area contributed by atoms with Crippen LogP contribution >= 0.6 is 0 Å². The summed E-state index contributed by atoms with van der Waals surface area (Å²) in [5, 5.41) is 19.6. The monoisotopic (exact) mass is 254 g/mol. The second kappa shape index (κ2) is 4.13. The fourth-order valence-corrected chi connectivity index (χ4v) is 1.99. The van der Waals surface area contributed by atoms with Crippen molar-refractivity contribution in [1.82, 2.24) is 9.38 Å². The first-order valence-electron chi connectivity index (χ1n) is 5.67. The Morgan fingerprint density at radius 3 is 2.47 bits per heavy atom. The van der Waals surface area contributed by atoms with Crippen LogP contribution in [0, 0.1) is 0 Å². The van der Waals surface area contributed by atoms with Crippen molar-refractivity contribution in [3.63, 3.8) is 0 Å². The van der Waals surface area contributed by atoms with Crippen LogP contribution in [0.5, 0.6) is 11.6 Å².